The summed E-state index contributed by atoms with van der Waals surface area (Å²) in [6.07, 6.45) is -3.70. The van der Waals surface area contributed by atoms with E-state index in [9.17, 15) is 13.2 Å². The van der Waals surface area contributed by atoms with Gasteiger partial charge in [0, 0.05) is 31.8 Å². The summed E-state index contributed by atoms with van der Waals surface area (Å²) in [5, 5.41) is 6.93. The van der Waals surface area contributed by atoms with Crippen LogP contribution in [0.5, 0.6) is 0 Å². The maximum atomic E-state index is 12.7. The molecule has 3 heterocycles. The van der Waals surface area contributed by atoms with Crippen molar-refractivity contribution in [2.75, 3.05) is 19.8 Å². The highest BCUT2D eigenvalue weighted by molar-refractivity contribution is 5.03. The molecule has 0 bridgehead atoms. The van der Waals surface area contributed by atoms with Crippen LogP contribution in [0.25, 0.3) is 0 Å². The van der Waals surface area contributed by atoms with Gasteiger partial charge in [0.05, 0.1) is 13.2 Å². The highest BCUT2D eigenvalue weighted by Crippen LogP contribution is 2.30. The molecule has 2 unspecified atom stereocenters. The fourth-order valence-corrected chi connectivity index (χ4v) is 2.78. The van der Waals surface area contributed by atoms with Crippen molar-refractivity contribution in [1.82, 2.24) is 19.7 Å². The molecule has 0 saturated carbocycles. The molecule has 20 heavy (non-hydrogen) atoms. The molecule has 3 rings (SSSR count). The summed E-state index contributed by atoms with van der Waals surface area (Å²) >= 11 is 0. The zero-order chi connectivity index (χ0) is 14.3. The van der Waals surface area contributed by atoms with Gasteiger partial charge < -0.3 is 15.0 Å². The Morgan fingerprint density at radius 2 is 2.05 bits per heavy atom. The monoisotopic (exact) mass is 291 g/mol. The van der Waals surface area contributed by atoms with Crippen LogP contribution in [0.2, 0.25) is 0 Å². The number of rotatable bonds is 1. The van der Waals surface area contributed by atoms with Gasteiger partial charge in [0.15, 0.2) is 0 Å². The first-order chi connectivity index (χ1) is 9.47. The van der Waals surface area contributed by atoms with E-state index < -0.39 is 12.0 Å². The molecule has 112 valence electrons. The second kappa shape index (κ2) is 4.97. The third-order valence-corrected chi connectivity index (χ3v) is 3.88. The van der Waals surface area contributed by atoms with Gasteiger partial charge in [-0.2, -0.15) is 13.2 Å². The number of aromatic nitrogens is 3. The largest absolute Gasteiger partial charge is 0.451 e. The lowest BCUT2D eigenvalue weighted by atomic mass is 10.0. The van der Waals surface area contributed by atoms with Crippen molar-refractivity contribution in [2.24, 2.45) is 5.73 Å². The summed E-state index contributed by atoms with van der Waals surface area (Å²) in [7, 11) is 0. The van der Waals surface area contributed by atoms with Crippen molar-refractivity contribution < 1.29 is 17.9 Å². The van der Waals surface area contributed by atoms with Gasteiger partial charge in [-0.1, -0.05) is 0 Å². The first-order valence-corrected chi connectivity index (χ1v) is 6.53. The lowest BCUT2D eigenvalue weighted by Crippen LogP contribution is -2.55. The summed E-state index contributed by atoms with van der Waals surface area (Å²) in [5.41, 5.74) is 6.06. The van der Waals surface area contributed by atoms with Crippen LogP contribution in [0.15, 0.2) is 0 Å². The van der Waals surface area contributed by atoms with E-state index in [0.717, 1.165) is 11.0 Å². The molecule has 0 aliphatic carbocycles. The Balaban J connectivity index is 1.78. The minimum atomic E-state index is -4.46. The van der Waals surface area contributed by atoms with Crippen LogP contribution >= 0.6 is 0 Å². The predicted molar refractivity (Wildman–Crippen MR) is 62.6 cm³/mol. The highest BCUT2D eigenvalue weighted by Gasteiger charge is 2.40. The van der Waals surface area contributed by atoms with Crippen molar-refractivity contribution in [1.29, 1.82) is 0 Å². The Morgan fingerprint density at radius 3 is 2.75 bits per heavy atom. The topological polar surface area (TPSA) is 69.2 Å². The minimum absolute atomic E-state index is 0.0136. The normalized spacial score (nSPS) is 28.4. The lowest BCUT2D eigenvalue weighted by molar-refractivity contribution is -0.148. The van der Waals surface area contributed by atoms with Gasteiger partial charge in [0.1, 0.15) is 5.82 Å². The van der Waals surface area contributed by atoms with Crippen molar-refractivity contribution in [3.05, 3.63) is 11.6 Å². The minimum Gasteiger partial charge on any atom is -0.380 e. The number of ether oxygens (including phenoxy) is 1. The maximum Gasteiger partial charge on any atom is 0.451 e. The van der Waals surface area contributed by atoms with E-state index in [0.29, 0.717) is 32.1 Å². The molecule has 0 aromatic carbocycles. The van der Waals surface area contributed by atoms with Gasteiger partial charge in [0.25, 0.3) is 0 Å². The summed E-state index contributed by atoms with van der Waals surface area (Å²) in [6.45, 7) is 2.20. The Morgan fingerprint density at radius 1 is 1.25 bits per heavy atom. The number of fused-ring (bicyclic) bond motifs is 1. The molecule has 0 radical (unpaired) electrons. The van der Waals surface area contributed by atoms with Crippen LogP contribution in [-0.4, -0.2) is 51.5 Å². The molecule has 2 aliphatic heterocycles. The fourth-order valence-electron chi connectivity index (χ4n) is 2.78. The van der Waals surface area contributed by atoms with E-state index in [1.54, 1.807) is 0 Å². The molecule has 6 nitrogen and oxygen atoms in total. The molecule has 9 heteroatoms. The zero-order valence-corrected chi connectivity index (χ0v) is 10.8. The Bertz CT molecular complexity index is 489. The number of hydrogen-bond acceptors (Lipinski definition) is 5. The molecule has 1 aromatic rings. The van der Waals surface area contributed by atoms with E-state index in [4.69, 9.17) is 10.5 Å². The summed E-state index contributed by atoms with van der Waals surface area (Å²) < 4.78 is 44.8. The second-order valence-electron chi connectivity index (χ2n) is 5.15. The van der Waals surface area contributed by atoms with Crippen molar-refractivity contribution >= 4 is 0 Å². The number of alkyl halides is 3. The average Bonchev–Trinajstić information content (AvgIpc) is 2.82. The van der Waals surface area contributed by atoms with E-state index in [-0.39, 0.29) is 18.6 Å². The first-order valence-electron chi connectivity index (χ1n) is 6.53. The van der Waals surface area contributed by atoms with Crippen LogP contribution in [0.1, 0.15) is 18.1 Å². The Kier molecular flexibility index (Phi) is 3.43. The standard InChI is InChI=1S/C11H16F3N5O/c12-11(13,14)10-17-16-9-5-18(2-3-19(9)10)8-6-20-4-1-7(8)15/h7-8H,1-6,15H2. The molecular weight excluding hydrogens is 275 g/mol. The molecule has 1 fully saturated rings. The maximum absolute atomic E-state index is 12.7. The SMILES string of the molecule is NC1CCOCC1N1CCn2c(nnc2C(F)(F)F)C1. The van der Waals surface area contributed by atoms with Gasteiger partial charge in [-0.15, -0.1) is 10.2 Å². The Hall–Kier alpha value is -1.19. The summed E-state index contributed by atoms with van der Waals surface area (Å²) in [4.78, 5) is 2.04. The third-order valence-electron chi connectivity index (χ3n) is 3.88. The van der Waals surface area contributed by atoms with E-state index >= 15 is 0 Å². The van der Waals surface area contributed by atoms with Crippen molar-refractivity contribution in [2.45, 2.75) is 37.8 Å². The number of nitrogens with zero attached hydrogens (tertiary/aromatic N) is 4. The quantitative estimate of drug-likeness (QED) is 0.802. The number of halogens is 3. The predicted octanol–water partition coefficient (Wildman–Crippen LogP) is 0.229. The smallest absolute Gasteiger partial charge is 0.380 e. The zero-order valence-electron chi connectivity index (χ0n) is 10.8. The van der Waals surface area contributed by atoms with Gasteiger partial charge >= 0.3 is 6.18 Å². The molecule has 2 aliphatic rings. The van der Waals surface area contributed by atoms with Gasteiger partial charge in [-0.3, -0.25) is 4.90 Å². The highest BCUT2D eigenvalue weighted by atomic mass is 19.4. The van der Waals surface area contributed by atoms with Crippen molar-refractivity contribution in [3.8, 4) is 0 Å². The van der Waals surface area contributed by atoms with Crippen LogP contribution in [0.3, 0.4) is 0 Å². The fraction of sp³-hybridized carbons (Fsp3) is 0.818. The van der Waals surface area contributed by atoms with E-state index in [1.165, 1.54) is 0 Å². The summed E-state index contributed by atoms with van der Waals surface area (Å²) in [5.74, 6) is -0.585. The summed E-state index contributed by atoms with van der Waals surface area (Å²) in [6, 6.07) is 0.0174. The molecule has 1 aromatic heterocycles. The molecule has 0 amide bonds. The van der Waals surface area contributed by atoms with Crippen LogP contribution in [-0.2, 0) is 24.0 Å². The lowest BCUT2D eigenvalue weighted by Gasteiger charge is -2.39. The van der Waals surface area contributed by atoms with Crippen LogP contribution < -0.4 is 5.73 Å². The first kappa shape index (κ1) is 13.8. The van der Waals surface area contributed by atoms with Gasteiger partial charge in [-0.25, -0.2) is 0 Å². The van der Waals surface area contributed by atoms with E-state index in [2.05, 4.69) is 10.2 Å². The van der Waals surface area contributed by atoms with Gasteiger partial charge in [0.2, 0.25) is 5.82 Å². The van der Waals surface area contributed by atoms with Crippen LogP contribution in [0, 0.1) is 0 Å². The molecule has 2 atom stereocenters. The molecule has 2 N–H and O–H groups in total. The molecule has 0 spiro atoms. The molecular formula is C11H16F3N5O. The van der Waals surface area contributed by atoms with Crippen molar-refractivity contribution in [3.63, 3.8) is 0 Å². The molecule has 1 saturated heterocycles. The third kappa shape index (κ3) is 2.40. The number of nitrogens with two attached hydrogens (primary N) is 1. The van der Waals surface area contributed by atoms with Gasteiger partial charge in [-0.05, 0) is 6.42 Å². The Labute approximate surface area is 113 Å². The average molecular weight is 291 g/mol. The second-order valence-corrected chi connectivity index (χ2v) is 5.15. The van der Waals surface area contributed by atoms with Crippen LogP contribution in [0.4, 0.5) is 13.2 Å². The van der Waals surface area contributed by atoms with E-state index in [1.807, 2.05) is 4.90 Å². The number of hydrogen-bond donors (Lipinski definition) is 1.